The Morgan fingerprint density at radius 3 is 2.08 bits per heavy atom. The summed E-state index contributed by atoms with van der Waals surface area (Å²) in [5.74, 6) is -1.26. The molecule has 4 aromatic rings. The number of carboxylic acids is 1. The summed E-state index contributed by atoms with van der Waals surface area (Å²) in [4.78, 5) is 39.6. The third-order valence-electron chi connectivity index (χ3n) is 5.92. The monoisotopic (exact) mass is 485 g/mol. The van der Waals surface area contributed by atoms with Crippen molar-refractivity contribution in [3.05, 3.63) is 84.1 Å². The van der Waals surface area contributed by atoms with Crippen LogP contribution >= 0.6 is 0 Å². The van der Waals surface area contributed by atoms with Gasteiger partial charge in [0.05, 0.1) is 7.11 Å². The van der Waals surface area contributed by atoms with Crippen LogP contribution in [0.5, 0.6) is 5.75 Å². The fraction of sp³-hybridized carbons (Fsp3) is 0.179. The molecule has 8 nitrogen and oxygen atoms in total. The van der Waals surface area contributed by atoms with E-state index in [4.69, 9.17) is 4.74 Å². The Hall–Kier alpha value is -4.59. The van der Waals surface area contributed by atoms with E-state index in [1.807, 2.05) is 30.3 Å². The zero-order chi connectivity index (χ0) is 25.8. The first-order chi connectivity index (χ1) is 17.2. The molecule has 0 spiro atoms. The number of carbonyl (C=O) groups is 3. The highest BCUT2D eigenvalue weighted by Crippen LogP contribution is 2.24. The number of amides is 2. The average molecular weight is 486 g/mol. The first-order valence-corrected chi connectivity index (χ1v) is 11.5. The lowest BCUT2D eigenvalue weighted by atomic mass is 10.0. The van der Waals surface area contributed by atoms with Crippen molar-refractivity contribution in [2.75, 3.05) is 12.4 Å². The normalized spacial score (nSPS) is 11.8. The van der Waals surface area contributed by atoms with E-state index in [1.54, 1.807) is 63.4 Å². The molecule has 3 aromatic carbocycles. The molecular weight excluding hydrogens is 458 g/mol. The number of rotatable bonds is 8. The van der Waals surface area contributed by atoms with Crippen LogP contribution in [-0.4, -0.2) is 41.0 Å². The molecule has 0 aliphatic heterocycles. The number of ether oxygens (including phenoxy) is 1. The SMILES string of the molecule is COc1ccc2[nH]c(C(=O)Nc3ccc(-c4ccc(C(=O)N[C@H](C(=O)O)C(C)C)cc4)cc3)cc2c1. The van der Waals surface area contributed by atoms with Gasteiger partial charge >= 0.3 is 5.97 Å². The number of aliphatic carboxylic acids is 1. The summed E-state index contributed by atoms with van der Waals surface area (Å²) in [6, 6.07) is 20.7. The molecule has 0 bridgehead atoms. The van der Waals surface area contributed by atoms with Crippen LogP contribution in [0.2, 0.25) is 0 Å². The second kappa shape index (κ2) is 10.4. The number of aromatic nitrogens is 1. The first-order valence-electron chi connectivity index (χ1n) is 11.5. The number of methoxy groups -OCH3 is 1. The van der Waals surface area contributed by atoms with Gasteiger partial charge in [-0.25, -0.2) is 4.79 Å². The van der Waals surface area contributed by atoms with Crippen molar-refractivity contribution >= 4 is 34.4 Å². The van der Waals surface area contributed by atoms with E-state index >= 15 is 0 Å². The van der Waals surface area contributed by atoms with Gasteiger partial charge in [-0.2, -0.15) is 0 Å². The maximum Gasteiger partial charge on any atom is 0.326 e. The third-order valence-corrected chi connectivity index (χ3v) is 5.92. The summed E-state index contributed by atoms with van der Waals surface area (Å²) in [6.45, 7) is 3.48. The number of carbonyl (C=O) groups excluding carboxylic acids is 2. The lowest BCUT2D eigenvalue weighted by molar-refractivity contribution is -0.140. The number of fused-ring (bicyclic) bond motifs is 1. The number of anilines is 1. The van der Waals surface area contributed by atoms with E-state index in [-0.39, 0.29) is 11.8 Å². The minimum absolute atomic E-state index is 0.232. The van der Waals surface area contributed by atoms with Gasteiger partial charge in [0.25, 0.3) is 11.8 Å². The quantitative estimate of drug-likeness (QED) is 0.282. The van der Waals surface area contributed by atoms with Gasteiger partial charge in [0, 0.05) is 22.2 Å². The van der Waals surface area contributed by atoms with Crippen molar-refractivity contribution in [2.45, 2.75) is 19.9 Å². The highest BCUT2D eigenvalue weighted by molar-refractivity contribution is 6.06. The van der Waals surface area contributed by atoms with Crippen LogP contribution in [0.25, 0.3) is 22.0 Å². The van der Waals surface area contributed by atoms with Crippen molar-refractivity contribution in [3.8, 4) is 16.9 Å². The Morgan fingerprint density at radius 1 is 0.861 bits per heavy atom. The Morgan fingerprint density at radius 2 is 1.50 bits per heavy atom. The molecule has 0 fully saturated rings. The van der Waals surface area contributed by atoms with E-state index in [0.29, 0.717) is 16.9 Å². The molecule has 2 amide bonds. The van der Waals surface area contributed by atoms with Crippen molar-refractivity contribution in [2.24, 2.45) is 5.92 Å². The smallest absolute Gasteiger partial charge is 0.326 e. The maximum atomic E-state index is 12.7. The van der Waals surface area contributed by atoms with E-state index in [9.17, 15) is 19.5 Å². The van der Waals surface area contributed by atoms with Crippen molar-refractivity contribution in [3.63, 3.8) is 0 Å². The van der Waals surface area contributed by atoms with Crippen LogP contribution in [0.4, 0.5) is 5.69 Å². The van der Waals surface area contributed by atoms with Gasteiger partial charge in [0.2, 0.25) is 0 Å². The summed E-state index contributed by atoms with van der Waals surface area (Å²) >= 11 is 0. The number of H-pyrrole nitrogens is 1. The second-order valence-electron chi connectivity index (χ2n) is 8.78. The number of carboxylic acid groups (broad SMARTS) is 1. The Labute approximate surface area is 208 Å². The van der Waals surface area contributed by atoms with Gasteiger partial charge < -0.3 is 25.5 Å². The van der Waals surface area contributed by atoms with Crippen LogP contribution in [0.3, 0.4) is 0 Å². The Kier molecular flexibility index (Phi) is 7.05. The molecule has 0 saturated carbocycles. The van der Waals surface area contributed by atoms with Gasteiger partial charge in [-0.05, 0) is 65.6 Å². The summed E-state index contributed by atoms with van der Waals surface area (Å²) in [5.41, 5.74) is 4.10. The second-order valence-corrected chi connectivity index (χ2v) is 8.78. The molecule has 8 heteroatoms. The van der Waals surface area contributed by atoms with Crippen molar-refractivity contribution in [1.29, 1.82) is 0 Å². The maximum absolute atomic E-state index is 12.7. The molecule has 0 unspecified atom stereocenters. The van der Waals surface area contributed by atoms with Crippen molar-refractivity contribution in [1.82, 2.24) is 10.3 Å². The minimum atomic E-state index is -1.06. The zero-order valence-electron chi connectivity index (χ0n) is 20.2. The average Bonchev–Trinajstić information content (AvgIpc) is 3.31. The molecule has 4 rings (SSSR count). The van der Waals surface area contributed by atoms with Crippen LogP contribution in [0, 0.1) is 5.92 Å². The summed E-state index contributed by atoms with van der Waals surface area (Å²) in [5, 5.41) is 15.6. The lowest BCUT2D eigenvalue weighted by Gasteiger charge is -2.18. The van der Waals surface area contributed by atoms with E-state index in [0.717, 1.165) is 27.8 Å². The standard InChI is InChI=1S/C28H27N3O5/c1-16(2)25(28(34)35)31-26(32)19-6-4-17(5-7-19)18-8-10-21(11-9-18)29-27(33)24-15-20-14-22(36-3)12-13-23(20)30-24/h4-16,25,30H,1-3H3,(H,29,33)(H,31,32)(H,34,35)/t25-/m0/s1. The summed E-state index contributed by atoms with van der Waals surface area (Å²) in [7, 11) is 1.60. The molecular formula is C28H27N3O5. The molecule has 0 saturated heterocycles. The van der Waals surface area contributed by atoms with Crippen LogP contribution in [-0.2, 0) is 4.79 Å². The highest BCUT2D eigenvalue weighted by Gasteiger charge is 2.23. The van der Waals surface area contributed by atoms with E-state index in [1.165, 1.54) is 0 Å². The molecule has 4 N–H and O–H groups in total. The number of nitrogens with one attached hydrogen (secondary N) is 3. The molecule has 36 heavy (non-hydrogen) atoms. The van der Waals surface area contributed by atoms with Crippen LogP contribution in [0.15, 0.2) is 72.8 Å². The summed E-state index contributed by atoms with van der Waals surface area (Å²) < 4.78 is 5.23. The number of hydrogen-bond donors (Lipinski definition) is 4. The fourth-order valence-electron chi connectivity index (χ4n) is 3.86. The van der Waals surface area contributed by atoms with Gasteiger partial charge in [-0.15, -0.1) is 0 Å². The van der Waals surface area contributed by atoms with Gasteiger partial charge in [0.15, 0.2) is 0 Å². The Bertz CT molecular complexity index is 1410. The summed E-state index contributed by atoms with van der Waals surface area (Å²) in [6.07, 6.45) is 0. The zero-order valence-corrected chi connectivity index (χ0v) is 20.2. The van der Waals surface area contributed by atoms with Gasteiger partial charge in [0.1, 0.15) is 17.5 Å². The number of hydrogen-bond acceptors (Lipinski definition) is 4. The topological polar surface area (TPSA) is 121 Å². The van der Waals surface area contributed by atoms with Gasteiger partial charge in [-0.1, -0.05) is 38.1 Å². The van der Waals surface area contributed by atoms with Crippen LogP contribution < -0.4 is 15.4 Å². The van der Waals surface area contributed by atoms with Crippen molar-refractivity contribution < 1.29 is 24.2 Å². The van der Waals surface area contributed by atoms with E-state index in [2.05, 4.69) is 15.6 Å². The molecule has 1 heterocycles. The molecule has 0 aliphatic rings. The number of aromatic amines is 1. The van der Waals surface area contributed by atoms with Gasteiger partial charge in [-0.3, -0.25) is 9.59 Å². The molecule has 1 aromatic heterocycles. The third kappa shape index (κ3) is 5.38. The molecule has 1 atom stereocenters. The Balaban J connectivity index is 1.42. The fourth-order valence-corrected chi connectivity index (χ4v) is 3.86. The van der Waals surface area contributed by atoms with Crippen LogP contribution in [0.1, 0.15) is 34.7 Å². The van der Waals surface area contributed by atoms with E-state index < -0.39 is 17.9 Å². The highest BCUT2D eigenvalue weighted by atomic mass is 16.5. The number of benzene rings is 3. The molecule has 0 radical (unpaired) electrons. The predicted octanol–water partition coefficient (Wildman–Crippen LogP) is 4.93. The minimum Gasteiger partial charge on any atom is -0.497 e. The first kappa shape index (κ1) is 24.5. The molecule has 184 valence electrons. The largest absolute Gasteiger partial charge is 0.497 e. The molecule has 0 aliphatic carbocycles. The predicted molar refractivity (Wildman–Crippen MR) is 138 cm³/mol. The lowest BCUT2D eigenvalue weighted by Crippen LogP contribution is -2.44.